The van der Waals surface area contributed by atoms with Crippen LogP contribution >= 0.6 is 0 Å². The molecule has 3 N–H and O–H groups in total. The van der Waals surface area contributed by atoms with Crippen LogP contribution in [0, 0.1) is 0 Å². The van der Waals surface area contributed by atoms with Crippen LogP contribution in [0.4, 0.5) is 0 Å². The predicted molar refractivity (Wildman–Crippen MR) is 83.6 cm³/mol. The zero-order valence-electron chi connectivity index (χ0n) is 13.4. The fraction of sp³-hybridized carbons (Fsp3) is 0.412. The van der Waals surface area contributed by atoms with Crippen LogP contribution in [0.15, 0.2) is 24.3 Å². The van der Waals surface area contributed by atoms with Crippen molar-refractivity contribution in [3.63, 3.8) is 0 Å². The van der Waals surface area contributed by atoms with E-state index in [2.05, 4.69) is 0 Å². The van der Waals surface area contributed by atoms with Gasteiger partial charge in [0, 0.05) is 18.9 Å². The van der Waals surface area contributed by atoms with Gasteiger partial charge in [0.15, 0.2) is 23.2 Å². The lowest BCUT2D eigenvalue weighted by Crippen LogP contribution is -2.65. The van der Waals surface area contributed by atoms with Gasteiger partial charge in [0.2, 0.25) is 0 Å². The Bertz CT molecular complexity index is 727. The molecule has 2 aliphatic heterocycles. The summed E-state index contributed by atoms with van der Waals surface area (Å²) < 4.78 is 15.1. The maximum absolute atomic E-state index is 12.0. The number of esters is 2. The number of methoxy groups -OCH3 is 1. The number of aromatic hydroxyl groups is 1. The smallest absolute Gasteiger partial charge is 0.338 e. The van der Waals surface area contributed by atoms with E-state index in [1.54, 1.807) is 12.1 Å². The Hall–Kier alpha value is -2.58. The van der Waals surface area contributed by atoms with Gasteiger partial charge in [-0.3, -0.25) is 0 Å². The molecule has 1 aliphatic carbocycles. The van der Waals surface area contributed by atoms with Crippen LogP contribution in [0.3, 0.4) is 0 Å². The second kappa shape index (κ2) is 6.38. The normalized spacial score (nSPS) is 31.0. The second-order valence-corrected chi connectivity index (χ2v) is 6.12. The molecule has 0 amide bonds. The summed E-state index contributed by atoms with van der Waals surface area (Å²) in [5, 5.41) is 29.7. The van der Waals surface area contributed by atoms with Crippen LogP contribution in [-0.2, 0) is 19.1 Å². The number of hydrogen-bond donors (Lipinski definition) is 3. The monoisotopic (exact) mass is 350 g/mol. The Balaban J connectivity index is 1.65. The molecule has 25 heavy (non-hydrogen) atoms. The standard InChI is InChI=1S/C17H18O8/c1-23-12-4-2-9(6-10(12)18)3-5-14(20)24-13-8-17(22)7-11(19)15(13)25-16(17)21/h2-6,11,13,15,18-19,22H,7-8H2,1H3/b5-3+. The Kier molecular flexibility index (Phi) is 4.40. The van der Waals surface area contributed by atoms with Crippen molar-refractivity contribution in [2.24, 2.45) is 0 Å². The van der Waals surface area contributed by atoms with Crippen LogP contribution in [0.25, 0.3) is 6.08 Å². The summed E-state index contributed by atoms with van der Waals surface area (Å²) in [6.07, 6.45) is -0.669. The fourth-order valence-corrected chi connectivity index (χ4v) is 3.07. The number of aliphatic hydroxyl groups is 2. The summed E-state index contributed by atoms with van der Waals surface area (Å²) in [6, 6.07) is 4.60. The molecule has 0 spiro atoms. The molecule has 2 heterocycles. The first-order valence-electron chi connectivity index (χ1n) is 7.69. The number of phenolic OH excluding ortho intramolecular Hbond substituents is 1. The molecule has 4 unspecified atom stereocenters. The SMILES string of the molecule is COc1ccc(/C=C/C(=O)OC2CC3(O)CC(O)C2OC3=O)cc1O. The zero-order valence-corrected chi connectivity index (χ0v) is 13.4. The van der Waals surface area contributed by atoms with E-state index in [0.29, 0.717) is 11.3 Å². The summed E-state index contributed by atoms with van der Waals surface area (Å²) in [5.41, 5.74) is -1.28. The number of carbonyl (C=O) groups excluding carboxylic acids is 2. The van der Waals surface area contributed by atoms with E-state index >= 15 is 0 Å². The van der Waals surface area contributed by atoms with Gasteiger partial charge >= 0.3 is 11.9 Å². The quantitative estimate of drug-likeness (QED) is 0.518. The lowest BCUT2D eigenvalue weighted by atomic mass is 9.76. The van der Waals surface area contributed by atoms with Crippen molar-refractivity contribution in [2.75, 3.05) is 7.11 Å². The molecule has 4 rings (SSSR count). The van der Waals surface area contributed by atoms with Crippen molar-refractivity contribution < 1.29 is 39.1 Å². The molecule has 3 aliphatic rings. The molecule has 0 aromatic heterocycles. The first-order valence-corrected chi connectivity index (χ1v) is 7.69. The molecule has 134 valence electrons. The minimum Gasteiger partial charge on any atom is -0.504 e. The Labute approximate surface area is 143 Å². The van der Waals surface area contributed by atoms with Crippen molar-refractivity contribution in [1.82, 2.24) is 0 Å². The lowest BCUT2D eigenvalue weighted by molar-refractivity contribution is -0.243. The average Bonchev–Trinajstić information content (AvgIpc) is 2.55. The fourth-order valence-electron chi connectivity index (χ4n) is 3.07. The van der Waals surface area contributed by atoms with E-state index in [9.17, 15) is 24.9 Å². The highest BCUT2D eigenvalue weighted by Crippen LogP contribution is 2.39. The molecule has 1 aromatic rings. The summed E-state index contributed by atoms with van der Waals surface area (Å²) >= 11 is 0. The van der Waals surface area contributed by atoms with E-state index in [1.807, 2.05) is 0 Å². The third kappa shape index (κ3) is 3.31. The van der Waals surface area contributed by atoms with Gasteiger partial charge in [0.25, 0.3) is 0 Å². The number of aliphatic hydroxyl groups excluding tert-OH is 1. The van der Waals surface area contributed by atoms with E-state index in [1.165, 1.54) is 19.3 Å². The highest BCUT2D eigenvalue weighted by atomic mass is 16.6. The molecular weight excluding hydrogens is 332 g/mol. The van der Waals surface area contributed by atoms with Gasteiger partial charge in [-0.2, -0.15) is 0 Å². The van der Waals surface area contributed by atoms with Gasteiger partial charge in [0.1, 0.15) is 6.10 Å². The van der Waals surface area contributed by atoms with Gasteiger partial charge in [-0.1, -0.05) is 6.07 Å². The molecular formula is C17H18O8. The number of carbonyl (C=O) groups is 2. The summed E-state index contributed by atoms with van der Waals surface area (Å²) in [7, 11) is 1.43. The number of hydrogen-bond acceptors (Lipinski definition) is 8. The highest BCUT2D eigenvalue weighted by molar-refractivity contribution is 5.88. The van der Waals surface area contributed by atoms with Crippen molar-refractivity contribution in [3.8, 4) is 11.5 Å². The molecule has 1 aromatic carbocycles. The largest absolute Gasteiger partial charge is 0.504 e. The van der Waals surface area contributed by atoms with E-state index in [-0.39, 0.29) is 18.6 Å². The maximum atomic E-state index is 12.0. The average molecular weight is 350 g/mol. The molecule has 2 bridgehead atoms. The Morgan fingerprint density at radius 3 is 2.80 bits per heavy atom. The van der Waals surface area contributed by atoms with Crippen LogP contribution in [-0.4, -0.2) is 58.3 Å². The topological polar surface area (TPSA) is 123 Å². The van der Waals surface area contributed by atoms with E-state index < -0.39 is 35.9 Å². The second-order valence-electron chi connectivity index (χ2n) is 6.12. The van der Waals surface area contributed by atoms with Crippen molar-refractivity contribution in [1.29, 1.82) is 0 Å². The van der Waals surface area contributed by atoms with Crippen molar-refractivity contribution in [3.05, 3.63) is 29.8 Å². The zero-order chi connectivity index (χ0) is 18.2. The van der Waals surface area contributed by atoms with Crippen LogP contribution in [0.1, 0.15) is 18.4 Å². The number of rotatable bonds is 4. The minimum absolute atomic E-state index is 0.0696. The van der Waals surface area contributed by atoms with E-state index in [0.717, 1.165) is 6.08 Å². The number of benzene rings is 1. The third-order valence-corrected chi connectivity index (χ3v) is 4.34. The minimum atomic E-state index is -1.83. The maximum Gasteiger partial charge on any atom is 0.338 e. The van der Waals surface area contributed by atoms with Crippen molar-refractivity contribution >= 4 is 18.0 Å². The Morgan fingerprint density at radius 2 is 2.16 bits per heavy atom. The number of ether oxygens (including phenoxy) is 3. The molecule has 1 saturated carbocycles. The van der Waals surface area contributed by atoms with E-state index in [4.69, 9.17) is 14.2 Å². The van der Waals surface area contributed by atoms with Crippen LogP contribution in [0.5, 0.6) is 11.5 Å². The third-order valence-electron chi connectivity index (χ3n) is 4.34. The molecule has 4 atom stereocenters. The predicted octanol–water partition coefficient (Wildman–Crippen LogP) is 0.137. The molecule has 3 fully saturated rings. The van der Waals surface area contributed by atoms with Gasteiger partial charge in [-0.05, 0) is 23.8 Å². The van der Waals surface area contributed by atoms with Gasteiger partial charge in [-0.25, -0.2) is 9.59 Å². The highest BCUT2D eigenvalue weighted by Gasteiger charge is 2.58. The summed E-state index contributed by atoms with van der Waals surface area (Å²) in [6.45, 7) is 0. The molecule has 0 radical (unpaired) electrons. The summed E-state index contributed by atoms with van der Waals surface area (Å²) in [4.78, 5) is 23.5. The molecule has 8 heteroatoms. The van der Waals surface area contributed by atoms with Crippen LogP contribution < -0.4 is 4.74 Å². The van der Waals surface area contributed by atoms with Gasteiger partial charge in [-0.15, -0.1) is 0 Å². The first kappa shape index (κ1) is 17.2. The number of phenols is 1. The van der Waals surface area contributed by atoms with Crippen molar-refractivity contribution in [2.45, 2.75) is 36.8 Å². The first-order chi connectivity index (χ1) is 11.8. The summed E-state index contributed by atoms with van der Waals surface area (Å²) in [5.74, 6) is -1.29. The molecule has 8 nitrogen and oxygen atoms in total. The molecule has 2 saturated heterocycles. The lowest BCUT2D eigenvalue weighted by Gasteiger charge is -2.47. The van der Waals surface area contributed by atoms with Gasteiger partial charge in [0.05, 0.1) is 13.2 Å². The van der Waals surface area contributed by atoms with Crippen LogP contribution in [0.2, 0.25) is 0 Å². The number of fused-ring (bicyclic) bond motifs is 3. The van der Waals surface area contributed by atoms with Gasteiger partial charge < -0.3 is 29.5 Å². The Morgan fingerprint density at radius 1 is 1.40 bits per heavy atom.